The summed E-state index contributed by atoms with van der Waals surface area (Å²) in [5.74, 6) is 0.525. The van der Waals surface area contributed by atoms with E-state index in [0.717, 1.165) is 12.8 Å². The SMILES string of the molecule is CC[C@]12CC3OC(C31)[C@H](n1cnc3c(=O)[nH]c(N)nc31)O2. The van der Waals surface area contributed by atoms with Gasteiger partial charge >= 0.3 is 0 Å². The van der Waals surface area contributed by atoms with Crippen molar-refractivity contribution in [3.63, 3.8) is 0 Å². The fourth-order valence-corrected chi connectivity index (χ4v) is 4.11. The number of aromatic nitrogens is 4. The average Bonchev–Trinajstić information content (AvgIpc) is 2.83. The van der Waals surface area contributed by atoms with Crippen molar-refractivity contribution in [1.82, 2.24) is 19.5 Å². The molecule has 8 heteroatoms. The minimum absolute atomic E-state index is 0.0170. The van der Waals surface area contributed by atoms with E-state index in [0.29, 0.717) is 17.7 Å². The van der Waals surface area contributed by atoms with Crippen LogP contribution in [0.5, 0.6) is 0 Å². The molecule has 8 nitrogen and oxygen atoms in total. The second-order valence-electron chi connectivity index (χ2n) is 6.07. The van der Waals surface area contributed by atoms with Crippen molar-refractivity contribution in [2.45, 2.75) is 43.8 Å². The first-order chi connectivity index (χ1) is 10.1. The summed E-state index contributed by atoms with van der Waals surface area (Å²) in [6.07, 6.45) is 3.56. The lowest BCUT2D eigenvalue weighted by atomic mass is 9.61. The molecule has 0 radical (unpaired) electrons. The van der Waals surface area contributed by atoms with Crippen LogP contribution in [0.1, 0.15) is 26.0 Å². The van der Waals surface area contributed by atoms with Gasteiger partial charge in [-0.1, -0.05) is 6.92 Å². The molecule has 0 aromatic carbocycles. The Morgan fingerprint density at radius 3 is 3.19 bits per heavy atom. The molecule has 21 heavy (non-hydrogen) atoms. The quantitative estimate of drug-likeness (QED) is 0.815. The summed E-state index contributed by atoms with van der Waals surface area (Å²) < 4.78 is 13.9. The molecule has 0 bridgehead atoms. The van der Waals surface area contributed by atoms with Gasteiger partial charge in [-0.3, -0.25) is 14.3 Å². The van der Waals surface area contributed by atoms with E-state index in [2.05, 4.69) is 21.9 Å². The molecule has 3 N–H and O–H groups in total. The number of hydrogen-bond donors (Lipinski definition) is 2. The van der Waals surface area contributed by atoms with Crippen molar-refractivity contribution in [3.05, 3.63) is 16.7 Å². The molecule has 2 saturated heterocycles. The van der Waals surface area contributed by atoms with Crippen molar-refractivity contribution in [2.75, 3.05) is 5.73 Å². The fourth-order valence-electron chi connectivity index (χ4n) is 4.11. The van der Waals surface area contributed by atoms with Gasteiger partial charge in [0.05, 0.1) is 18.0 Å². The molecule has 1 saturated carbocycles. The molecule has 3 unspecified atom stereocenters. The molecule has 0 amide bonds. The highest BCUT2D eigenvalue weighted by atomic mass is 16.6. The van der Waals surface area contributed by atoms with Crippen molar-refractivity contribution in [3.8, 4) is 0 Å². The molecule has 3 aliphatic rings. The van der Waals surface area contributed by atoms with Gasteiger partial charge in [-0.25, -0.2) is 4.98 Å². The van der Waals surface area contributed by atoms with Crippen LogP contribution in [-0.4, -0.2) is 37.3 Å². The predicted octanol–water partition coefficient (Wildman–Crippen LogP) is 0.167. The van der Waals surface area contributed by atoms with E-state index in [1.54, 1.807) is 10.9 Å². The van der Waals surface area contributed by atoms with Crippen LogP contribution in [0, 0.1) is 5.92 Å². The first kappa shape index (κ1) is 11.7. The Balaban J connectivity index is 1.64. The van der Waals surface area contributed by atoms with E-state index in [9.17, 15) is 4.79 Å². The molecule has 3 fully saturated rings. The number of nitrogens with one attached hydrogen (secondary N) is 1. The Labute approximate surface area is 119 Å². The zero-order valence-electron chi connectivity index (χ0n) is 11.4. The van der Waals surface area contributed by atoms with Gasteiger partial charge in [-0.05, 0) is 6.42 Å². The molecule has 1 aliphatic carbocycles. The zero-order chi connectivity index (χ0) is 14.4. The smallest absolute Gasteiger partial charge is 0.280 e. The topological polar surface area (TPSA) is 108 Å². The maximum atomic E-state index is 11.9. The van der Waals surface area contributed by atoms with E-state index >= 15 is 0 Å². The lowest BCUT2D eigenvalue weighted by Crippen LogP contribution is -2.66. The molecule has 110 valence electrons. The summed E-state index contributed by atoms with van der Waals surface area (Å²) in [7, 11) is 0. The summed E-state index contributed by atoms with van der Waals surface area (Å²) in [4.78, 5) is 22.6. The third-order valence-electron chi connectivity index (χ3n) is 5.20. The Hall–Kier alpha value is -1.93. The van der Waals surface area contributed by atoms with Crippen LogP contribution in [0.2, 0.25) is 0 Å². The van der Waals surface area contributed by atoms with Crippen molar-refractivity contribution >= 4 is 17.1 Å². The third-order valence-corrected chi connectivity index (χ3v) is 5.20. The maximum absolute atomic E-state index is 11.9. The third kappa shape index (κ3) is 1.21. The molecule has 5 atom stereocenters. The Morgan fingerprint density at radius 1 is 1.62 bits per heavy atom. The van der Waals surface area contributed by atoms with Crippen LogP contribution in [0.15, 0.2) is 11.1 Å². The van der Waals surface area contributed by atoms with E-state index in [-0.39, 0.29) is 35.0 Å². The number of fused-ring (bicyclic) bond motifs is 1. The number of ether oxygens (including phenoxy) is 2. The fraction of sp³-hybridized carbons (Fsp3) is 0.615. The minimum atomic E-state index is -0.338. The Morgan fingerprint density at radius 2 is 2.48 bits per heavy atom. The molecule has 5 rings (SSSR count). The first-order valence-corrected chi connectivity index (χ1v) is 7.18. The normalized spacial score (nSPS) is 39.9. The van der Waals surface area contributed by atoms with Gasteiger partial charge in [0.15, 0.2) is 17.4 Å². The summed E-state index contributed by atoms with van der Waals surface area (Å²) in [5, 5.41) is 0. The number of imidazole rings is 1. The number of nitrogen functional groups attached to an aromatic ring is 1. The van der Waals surface area contributed by atoms with Crippen LogP contribution in [0.25, 0.3) is 11.2 Å². The van der Waals surface area contributed by atoms with E-state index in [4.69, 9.17) is 15.2 Å². The highest BCUT2D eigenvalue weighted by molar-refractivity contribution is 5.70. The average molecular weight is 289 g/mol. The molecule has 0 spiro atoms. The predicted molar refractivity (Wildman–Crippen MR) is 72.5 cm³/mol. The number of hydrogen-bond acceptors (Lipinski definition) is 6. The summed E-state index contributed by atoms with van der Waals surface area (Å²) in [6, 6.07) is 0. The second-order valence-corrected chi connectivity index (χ2v) is 6.07. The number of nitrogens with zero attached hydrogens (tertiary/aromatic N) is 3. The molecule has 2 aromatic heterocycles. The highest BCUT2D eigenvalue weighted by Gasteiger charge is 2.73. The van der Waals surface area contributed by atoms with E-state index in [1.165, 1.54) is 0 Å². The van der Waals surface area contributed by atoms with Gasteiger partial charge in [0.1, 0.15) is 6.10 Å². The first-order valence-electron chi connectivity index (χ1n) is 7.18. The van der Waals surface area contributed by atoms with Crippen LogP contribution >= 0.6 is 0 Å². The number of aromatic amines is 1. The number of H-pyrrole nitrogens is 1. The second kappa shape index (κ2) is 3.45. The zero-order valence-corrected chi connectivity index (χ0v) is 11.4. The molecular weight excluding hydrogens is 274 g/mol. The van der Waals surface area contributed by atoms with Crippen LogP contribution in [0.4, 0.5) is 5.95 Å². The van der Waals surface area contributed by atoms with E-state index in [1.807, 2.05) is 0 Å². The molecule has 2 aliphatic heterocycles. The van der Waals surface area contributed by atoms with Crippen molar-refractivity contribution < 1.29 is 9.47 Å². The van der Waals surface area contributed by atoms with Gasteiger partial charge in [-0.2, -0.15) is 4.98 Å². The minimum Gasteiger partial charge on any atom is -0.369 e. The van der Waals surface area contributed by atoms with E-state index < -0.39 is 0 Å². The van der Waals surface area contributed by atoms with Gasteiger partial charge in [0.2, 0.25) is 5.95 Å². The van der Waals surface area contributed by atoms with Crippen LogP contribution in [-0.2, 0) is 9.47 Å². The number of nitrogens with two attached hydrogens (primary N) is 1. The number of anilines is 1. The Bertz CT molecular complexity index is 814. The molecule has 2 aromatic rings. The van der Waals surface area contributed by atoms with Crippen LogP contribution in [0.3, 0.4) is 0 Å². The molecule has 4 heterocycles. The van der Waals surface area contributed by atoms with Crippen molar-refractivity contribution in [2.24, 2.45) is 5.92 Å². The largest absolute Gasteiger partial charge is 0.369 e. The molecular formula is C13H15N5O3. The number of rotatable bonds is 2. The standard InChI is InChI=1S/C13H15N5O3/c1-2-13-3-5-6(13)8(20-5)11(21-13)18-4-15-7-9(18)16-12(14)17-10(7)19/h4-6,8,11H,2-3H2,1H3,(H3,14,16,17,19)/t5?,6?,8?,11-,13+/m1/s1. The van der Waals surface area contributed by atoms with Crippen LogP contribution < -0.4 is 11.3 Å². The maximum Gasteiger partial charge on any atom is 0.280 e. The monoisotopic (exact) mass is 289 g/mol. The summed E-state index contributed by atoms with van der Waals surface area (Å²) in [5.41, 5.74) is 5.93. The van der Waals surface area contributed by atoms with Gasteiger partial charge < -0.3 is 15.2 Å². The highest BCUT2D eigenvalue weighted by Crippen LogP contribution is 2.64. The lowest BCUT2D eigenvalue weighted by Gasteiger charge is -2.57. The lowest BCUT2D eigenvalue weighted by molar-refractivity contribution is -0.266. The summed E-state index contributed by atoms with van der Waals surface area (Å²) in [6.45, 7) is 2.14. The van der Waals surface area contributed by atoms with Gasteiger partial charge in [-0.15, -0.1) is 0 Å². The van der Waals surface area contributed by atoms with Gasteiger partial charge in [0, 0.05) is 12.3 Å². The van der Waals surface area contributed by atoms with Gasteiger partial charge in [0.25, 0.3) is 5.56 Å². The van der Waals surface area contributed by atoms with Crippen molar-refractivity contribution in [1.29, 1.82) is 0 Å². The summed E-state index contributed by atoms with van der Waals surface area (Å²) >= 11 is 0. The Kier molecular flexibility index (Phi) is 1.92.